The number of amides is 3. The Morgan fingerprint density at radius 2 is 1.57 bits per heavy atom. The fourth-order valence-corrected chi connectivity index (χ4v) is 3.30. The van der Waals surface area contributed by atoms with Gasteiger partial charge in [-0.1, -0.05) is 19.3 Å². The normalized spacial score (nSPS) is 19.5. The summed E-state index contributed by atoms with van der Waals surface area (Å²) < 4.78 is 0. The molecule has 1 aliphatic heterocycles. The van der Waals surface area contributed by atoms with Gasteiger partial charge in [0, 0.05) is 50.2 Å². The number of carbonyl (C=O) groups is 2. The number of hydrogen-bond acceptors (Lipinski definition) is 3. The first-order valence-corrected chi connectivity index (χ1v) is 8.49. The number of aromatic nitrogens is 1. The molecular weight excluding hydrogens is 292 g/mol. The molecule has 0 spiro atoms. The molecule has 2 aliphatic rings. The molecule has 1 aliphatic carbocycles. The molecule has 124 valence electrons. The van der Waals surface area contributed by atoms with Gasteiger partial charge in [0.1, 0.15) is 0 Å². The van der Waals surface area contributed by atoms with E-state index < -0.39 is 0 Å². The van der Waals surface area contributed by atoms with E-state index in [1.807, 2.05) is 4.90 Å². The van der Waals surface area contributed by atoms with Crippen LogP contribution in [0.1, 0.15) is 42.5 Å². The van der Waals surface area contributed by atoms with E-state index in [0.717, 1.165) is 12.8 Å². The monoisotopic (exact) mass is 316 g/mol. The molecule has 1 saturated carbocycles. The summed E-state index contributed by atoms with van der Waals surface area (Å²) in [6, 6.07) is 3.80. The standard InChI is InChI=1S/C17H24N4O2/c22-16(14-6-8-18-9-7-14)20-10-12-21(13-11-20)17(23)19-15-4-2-1-3-5-15/h6-9,15H,1-5,10-13H2,(H,19,23). The Morgan fingerprint density at radius 3 is 2.22 bits per heavy atom. The van der Waals surface area contributed by atoms with Gasteiger partial charge in [-0.15, -0.1) is 0 Å². The van der Waals surface area contributed by atoms with E-state index in [1.165, 1.54) is 19.3 Å². The lowest BCUT2D eigenvalue weighted by Crippen LogP contribution is -2.54. The first-order chi connectivity index (χ1) is 11.2. The summed E-state index contributed by atoms with van der Waals surface area (Å²) in [4.78, 5) is 32.2. The van der Waals surface area contributed by atoms with E-state index in [1.54, 1.807) is 29.4 Å². The van der Waals surface area contributed by atoms with E-state index in [9.17, 15) is 9.59 Å². The summed E-state index contributed by atoms with van der Waals surface area (Å²) in [5.41, 5.74) is 0.653. The van der Waals surface area contributed by atoms with Gasteiger partial charge >= 0.3 is 6.03 Å². The van der Waals surface area contributed by atoms with Crippen molar-refractivity contribution in [2.45, 2.75) is 38.1 Å². The third-order valence-corrected chi connectivity index (χ3v) is 4.71. The van der Waals surface area contributed by atoms with Crippen LogP contribution in [0.15, 0.2) is 24.5 Å². The van der Waals surface area contributed by atoms with Crippen molar-refractivity contribution < 1.29 is 9.59 Å². The lowest BCUT2D eigenvalue weighted by Gasteiger charge is -2.36. The second-order valence-electron chi connectivity index (χ2n) is 6.30. The van der Waals surface area contributed by atoms with E-state index >= 15 is 0 Å². The molecule has 3 amide bonds. The first kappa shape index (κ1) is 15.8. The first-order valence-electron chi connectivity index (χ1n) is 8.49. The fourth-order valence-electron chi connectivity index (χ4n) is 3.30. The zero-order valence-electron chi connectivity index (χ0n) is 13.4. The van der Waals surface area contributed by atoms with Gasteiger partial charge in [0.25, 0.3) is 5.91 Å². The summed E-state index contributed by atoms with van der Waals surface area (Å²) in [5.74, 6) is 0.0136. The van der Waals surface area contributed by atoms with Crippen molar-refractivity contribution >= 4 is 11.9 Å². The van der Waals surface area contributed by atoms with Crippen molar-refractivity contribution in [3.63, 3.8) is 0 Å². The van der Waals surface area contributed by atoms with Crippen molar-refractivity contribution in [1.29, 1.82) is 0 Å². The van der Waals surface area contributed by atoms with Crippen LogP contribution in [-0.4, -0.2) is 58.9 Å². The number of nitrogens with one attached hydrogen (secondary N) is 1. The molecule has 3 rings (SSSR count). The van der Waals surface area contributed by atoms with Crippen LogP contribution >= 0.6 is 0 Å². The molecule has 6 heteroatoms. The van der Waals surface area contributed by atoms with Crippen molar-refractivity contribution in [2.24, 2.45) is 0 Å². The number of carbonyl (C=O) groups excluding carboxylic acids is 2. The van der Waals surface area contributed by atoms with Crippen LogP contribution in [0.3, 0.4) is 0 Å². The molecule has 23 heavy (non-hydrogen) atoms. The second kappa shape index (κ2) is 7.44. The van der Waals surface area contributed by atoms with Crippen LogP contribution in [-0.2, 0) is 0 Å². The highest BCUT2D eigenvalue weighted by Crippen LogP contribution is 2.18. The molecule has 0 unspecified atom stereocenters. The van der Waals surface area contributed by atoms with Crippen molar-refractivity contribution in [1.82, 2.24) is 20.1 Å². The number of rotatable bonds is 2. The number of urea groups is 1. The molecule has 1 aromatic rings. The fraction of sp³-hybridized carbons (Fsp3) is 0.588. The number of nitrogens with zero attached hydrogens (tertiary/aromatic N) is 3. The Balaban J connectivity index is 1.48. The molecule has 0 radical (unpaired) electrons. The van der Waals surface area contributed by atoms with Crippen molar-refractivity contribution in [3.05, 3.63) is 30.1 Å². The van der Waals surface area contributed by atoms with Gasteiger partial charge in [0.2, 0.25) is 0 Å². The molecule has 2 fully saturated rings. The smallest absolute Gasteiger partial charge is 0.317 e. The predicted octanol–water partition coefficient (Wildman–Crippen LogP) is 1.88. The van der Waals surface area contributed by atoms with Crippen LogP contribution in [0.25, 0.3) is 0 Å². The van der Waals surface area contributed by atoms with Crippen LogP contribution in [0.2, 0.25) is 0 Å². The number of piperazine rings is 1. The minimum absolute atomic E-state index is 0.0136. The van der Waals surface area contributed by atoms with Crippen LogP contribution in [0, 0.1) is 0 Å². The molecule has 2 heterocycles. The Hall–Kier alpha value is -2.11. The number of hydrogen-bond donors (Lipinski definition) is 1. The van der Waals surface area contributed by atoms with E-state index in [-0.39, 0.29) is 11.9 Å². The molecule has 0 atom stereocenters. The average molecular weight is 316 g/mol. The summed E-state index contributed by atoms with van der Waals surface area (Å²) >= 11 is 0. The molecule has 0 bridgehead atoms. The molecule has 1 saturated heterocycles. The highest BCUT2D eigenvalue weighted by Gasteiger charge is 2.26. The highest BCUT2D eigenvalue weighted by molar-refractivity contribution is 5.94. The Labute approximate surface area is 136 Å². The molecule has 1 N–H and O–H groups in total. The van der Waals surface area contributed by atoms with Gasteiger partial charge in [-0.05, 0) is 25.0 Å². The zero-order chi connectivity index (χ0) is 16.1. The van der Waals surface area contributed by atoms with Gasteiger partial charge in [-0.2, -0.15) is 0 Å². The maximum atomic E-state index is 12.4. The van der Waals surface area contributed by atoms with Gasteiger partial charge in [0.15, 0.2) is 0 Å². The quantitative estimate of drug-likeness (QED) is 0.906. The maximum Gasteiger partial charge on any atom is 0.317 e. The predicted molar refractivity (Wildman–Crippen MR) is 87.1 cm³/mol. The van der Waals surface area contributed by atoms with Crippen LogP contribution in [0.5, 0.6) is 0 Å². The van der Waals surface area contributed by atoms with Crippen LogP contribution in [0.4, 0.5) is 4.79 Å². The van der Waals surface area contributed by atoms with Gasteiger partial charge in [0.05, 0.1) is 0 Å². The average Bonchev–Trinajstić information content (AvgIpc) is 2.63. The lowest BCUT2D eigenvalue weighted by atomic mass is 9.96. The summed E-state index contributed by atoms with van der Waals surface area (Å²) in [6.07, 6.45) is 9.13. The topological polar surface area (TPSA) is 65.5 Å². The highest BCUT2D eigenvalue weighted by atomic mass is 16.2. The summed E-state index contributed by atoms with van der Waals surface area (Å²) in [5, 5.41) is 3.14. The second-order valence-corrected chi connectivity index (χ2v) is 6.30. The summed E-state index contributed by atoms with van der Waals surface area (Å²) in [6.45, 7) is 2.35. The van der Waals surface area contributed by atoms with Gasteiger partial charge < -0.3 is 15.1 Å². The Morgan fingerprint density at radius 1 is 0.957 bits per heavy atom. The third kappa shape index (κ3) is 4.00. The number of pyridine rings is 1. The molecule has 1 aromatic heterocycles. The SMILES string of the molecule is O=C(NC1CCCCC1)N1CCN(C(=O)c2ccncc2)CC1. The van der Waals surface area contributed by atoms with Crippen molar-refractivity contribution in [3.8, 4) is 0 Å². The lowest BCUT2D eigenvalue weighted by molar-refractivity contribution is 0.0662. The summed E-state index contributed by atoms with van der Waals surface area (Å²) in [7, 11) is 0. The minimum Gasteiger partial charge on any atom is -0.335 e. The third-order valence-electron chi connectivity index (χ3n) is 4.71. The maximum absolute atomic E-state index is 12.4. The van der Waals surface area contributed by atoms with E-state index in [2.05, 4.69) is 10.3 Å². The molecule has 0 aromatic carbocycles. The van der Waals surface area contributed by atoms with Gasteiger partial charge in [-0.3, -0.25) is 9.78 Å². The Bertz CT molecular complexity index is 535. The molecule has 6 nitrogen and oxygen atoms in total. The zero-order valence-corrected chi connectivity index (χ0v) is 13.4. The molecular formula is C17H24N4O2. The van der Waals surface area contributed by atoms with Crippen LogP contribution < -0.4 is 5.32 Å². The van der Waals surface area contributed by atoms with E-state index in [4.69, 9.17) is 0 Å². The largest absolute Gasteiger partial charge is 0.335 e. The van der Waals surface area contributed by atoms with Crippen molar-refractivity contribution in [2.75, 3.05) is 26.2 Å². The minimum atomic E-state index is 0.0136. The van der Waals surface area contributed by atoms with E-state index in [0.29, 0.717) is 37.8 Å². The Kier molecular flexibility index (Phi) is 5.10. The van der Waals surface area contributed by atoms with Gasteiger partial charge in [-0.25, -0.2) is 4.79 Å².